The van der Waals surface area contributed by atoms with E-state index in [1.165, 1.54) is 0 Å². The first-order chi connectivity index (χ1) is 6.27. The molecule has 2 aromatic rings. The molecule has 0 amide bonds. The molecule has 0 aliphatic heterocycles. The number of nitrogen functional groups attached to an aromatic ring is 1. The molecule has 0 saturated heterocycles. The smallest absolute Gasteiger partial charge is 0.196 e. The standard InChI is InChI=1S/C8H6IN3O/c9-6-3-1-5(2-4-6)7-8(10)12-13-11-7/h1-4H,(H2,10,12). The number of nitrogens with zero attached hydrogens (tertiary/aromatic N) is 2. The predicted octanol–water partition coefficient (Wildman–Crippen LogP) is 1.92. The largest absolute Gasteiger partial charge is 0.379 e. The lowest BCUT2D eigenvalue weighted by molar-refractivity contribution is 0.310. The average Bonchev–Trinajstić information content (AvgIpc) is 2.53. The molecule has 66 valence electrons. The summed E-state index contributed by atoms with van der Waals surface area (Å²) in [5, 5.41) is 7.21. The number of hydrogen-bond donors (Lipinski definition) is 1. The number of rotatable bonds is 1. The van der Waals surface area contributed by atoms with Gasteiger partial charge in [0, 0.05) is 9.13 Å². The molecule has 5 heteroatoms. The molecule has 1 aromatic carbocycles. The summed E-state index contributed by atoms with van der Waals surface area (Å²) < 4.78 is 5.67. The van der Waals surface area contributed by atoms with Crippen LogP contribution in [0, 0.1) is 3.57 Å². The highest BCUT2D eigenvalue weighted by molar-refractivity contribution is 14.1. The second-order valence-corrected chi connectivity index (χ2v) is 3.75. The lowest BCUT2D eigenvalue weighted by atomic mass is 10.2. The minimum atomic E-state index is 0.321. The molecule has 0 unspecified atom stereocenters. The lowest BCUT2D eigenvalue weighted by Gasteiger charge is -1.95. The molecule has 0 aliphatic carbocycles. The van der Waals surface area contributed by atoms with E-state index in [1.54, 1.807) is 0 Å². The van der Waals surface area contributed by atoms with Crippen LogP contribution in [0.3, 0.4) is 0 Å². The zero-order valence-corrected chi connectivity index (χ0v) is 8.72. The Balaban J connectivity index is 2.47. The summed E-state index contributed by atoms with van der Waals surface area (Å²) in [6.45, 7) is 0. The Morgan fingerprint density at radius 3 is 2.38 bits per heavy atom. The number of nitrogens with two attached hydrogens (primary N) is 1. The molecule has 1 heterocycles. The van der Waals surface area contributed by atoms with Crippen molar-refractivity contribution in [3.8, 4) is 11.3 Å². The van der Waals surface area contributed by atoms with Gasteiger partial charge in [0.15, 0.2) is 11.5 Å². The first-order valence-electron chi connectivity index (χ1n) is 3.61. The molecule has 4 nitrogen and oxygen atoms in total. The quantitative estimate of drug-likeness (QED) is 0.814. The molecule has 0 fully saturated rings. The van der Waals surface area contributed by atoms with Gasteiger partial charge >= 0.3 is 0 Å². The number of halogens is 1. The van der Waals surface area contributed by atoms with Crippen molar-refractivity contribution in [2.75, 3.05) is 5.73 Å². The SMILES string of the molecule is Nc1nonc1-c1ccc(I)cc1. The average molecular weight is 287 g/mol. The van der Waals surface area contributed by atoms with Crippen LogP contribution in [0.2, 0.25) is 0 Å². The summed E-state index contributed by atoms with van der Waals surface area (Å²) in [6, 6.07) is 7.81. The molecule has 1 aromatic heterocycles. The van der Waals surface area contributed by atoms with E-state index in [0.29, 0.717) is 11.5 Å². The molecular formula is C8H6IN3O. The molecule has 0 aliphatic rings. The highest BCUT2D eigenvalue weighted by Crippen LogP contribution is 2.22. The number of aromatic nitrogens is 2. The fourth-order valence-corrected chi connectivity index (χ4v) is 1.36. The minimum Gasteiger partial charge on any atom is -0.379 e. The number of hydrogen-bond acceptors (Lipinski definition) is 4. The molecular weight excluding hydrogens is 281 g/mol. The molecule has 0 radical (unpaired) electrons. The van der Waals surface area contributed by atoms with Gasteiger partial charge in [-0.1, -0.05) is 12.1 Å². The van der Waals surface area contributed by atoms with Gasteiger partial charge in [-0.15, -0.1) is 0 Å². The molecule has 2 rings (SSSR count). The van der Waals surface area contributed by atoms with Gasteiger partial charge in [-0.05, 0) is 45.0 Å². The van der Waals surface area contributed by atoms with Crippen LogP contribution in [0.15, 0.2) is 28.9 Å². The van der Waals surface area contributed by atoms with E-state index in [-0.39, 0.29) is 0 Å². The summed E-state index contributed by atoms with van der Waals surface area (Å²) in [5.41, 5.74) is 7.05. The number of benzene rings is 1. The van der Waals surface area contributed by atoms with Crippen molar-refractivity contribution < 1.29 is 4.63 Å². The summed E-state index contributed by atoms with van der Waals surface area (Å²) >= 11 is 2.23. The molecule has 2 N–H and O–H groups in total. The van der Waals surface area contributed by atoms with E-state index in [0.717, 1.165) is 9.13 Å². The van der Waals surface area contributed by atoms with Crippen molar-refractivity contribution in [3.63, 3.8) is 0 Å². The van der Waals surface area contributed by atoms with E-state index in [2.05, 4.69) is 37.5 Å². The summed E-state index contributed by atoms with van der Waals surface area (Å²) in [4.78, 5) is 0. The van der Waals surface area contributed by atoms with Crippen LogP contribution in [0.4, 0.5) is 5.82 Å². The van der Waals surface area contributed by atoms with Crippen LogP contribution < -0.4 is 5.73 Å². The Morgan fingerprint density at radius 1 is 1.15 bits per heavy atom. The molecule has 0 saturated carbocycles. The lowest BCUT2D eigenvalue weighted by Crippen LogP contribution is -1.88. The zero-order chi connectivity index (χ0) is 9.26. The second-order valence-electron chi connectivity index (χ2n) is 2.50. The maximum absolute atomic E-state index is 5.54. The van der Waals surface area contributed by atoms with Gasteiger partial charge in [-0.2, -0.15) is 0 Å². The van der Waals surface area contributed by atoms with Gasteiger partial charge in [-0.3, -0.25) is 0 Å². The summed E-state index contributed by atoms with van der Waals surface area (Å²) in [6.07, 6.45) is 0. The summed E-state index contributed by atoms with van der Waals surface area (Å²) in [5.74, 6) is 0.321. The van der Waals surface area contributed by atoms with E-state index in [1.807, 2.05) is 24.3 Å². The van der Waals surface area contributed by atoms with Gasteiger partial charge in [0.05, 0.1) is 0 Å². The van der Waals surface area contributed by atoms with Crippen molar-refractivity contribution in [3.05, 3.63) is 27.8 Å². The van der Waals surface area contributed by atoms with Gasteiger partial charge in [0.1, 0.15) is 0 Å². The van der Waals surface area contributed by atoms with Crippen molar-refractivity contribution in [1.29, 1.82) is 0 Å². The van der Waals surface area contributed by atoms with Crippen molar-refractivity contribution in [1.82, 2.24) is 10.3 Å². The zero-order valence-electron chi connectivity index (χ0n) is 6.57. The molecule has 0 spiro atoms. The van der Waals surface area contributed by atoms with Crippen LogP contribution in [-0.2, 0) is 0 Å². The van der Waals surface area contributed by atoms with Crippen molar-refractivity contribution >= 4 is 28.4 Å². The number of anilines is 1. The van der Waals surface area contributed by atoms with Gasteiger partial charge < -0.3 is 5.73 Å². The first kappa shape index (κ1) is 8.49. The van der Waals surface area contributed by atoms with Crippen LogP contribution in [0.25, 0.3) is 11.3 Å². The molecule has 0 bridgehead atoms. The normalized spacial score (nSPS) is 10.2. The predicted molar refractivity (Wildman–Crippen MR) is 56.9 cm³/mol. The maximum Gasteiger partial charge on any atom is 0.196 e. The van der Waals surface area contributed by atoms with E-state index >= 15 is 0 Å². The first-order valence-corrected chi connectivity index (χ1v) is 4.69. The molecule has 0 atom stereocenters. The Morgan fingerprint density at radius 2 is 1.85 bits per heavy atom. The highest BCUT2D eigenvalue weighted by Gasteiger charge is 2.07. The fourth-order valence-electron chi connectivity index (χ4n) is 1.00. The third-order valence-electron chi connectivity index (χ3n) is 1.63. The third-order valence-corrected chi connectivity index (χ3v) is 2.35. The topological polar surface area (TPSA) is 64.9 Å². The Labute approximate surface area is 88.2 Å². The van der Waals surface area contributed by atoms with Crippen molar-refractivity contribution in [2.45, 2.75) is 0 Å². The van der Waals surface area contributed by atoms with E-state index in [4.69, 9.17) is 5.73 Å². The maximum atomic E-state index is 5.54. The fraction of sp³-hybridized carbons (Fsp3) is 0. The van der Waals surface area contributed by atoms with E-state index < -0.39 is 0 Å². The van der Waals surface area contributed by atoms with E-state index in [9.17, 15) is 0 Å². The van der Waals surface area contributed by atoms with Gasteiger partial charge in [-0.25, -0.2) is 4.63 Å². The monoisotopic (exact) mass is 287 g/mol. The minimum absolute atomic E-state index is 0.321. The van der Waals surface area contributed by atoms with Gasteiger partial charge in [0.2, 0.25) is 0 Å². The van der Waals surface area contributed by atoms with Crippen molar-refractivity contribution in [2.24, 2.45) is 0 Å². The van der Waals surface area contributed by atoms with Crippen LogP contribution in [-0.4, -0.2) is 10.3 Å². The van der Waals surface area contributed by atoms with Crippen LogP contribution >= 0.6 is 22.6 Å². The summed E-state index contributed by atoms with van der Waals surface area (Å²) in [7, 11) is 0. The Kier molecular flexibility index (Phi) is 2.17. The Bertz CT molecular complexity index is 410. The molecule has 13 heavy (non-hydrogen) atoms. The second kappa shape index (κ2) is 3.33. The Hall–Kier alpha value is -1.11. The van der Waals surface area contributed by atoms with Crippen LogP contribution in [0.5, 0.6) is 0 Å². The van der Waals surface area contributed by atoms with Crippen LogP contribution in [0.1, 0.15) is 0 Å². The van der Waals surface area contributed by atoms with Gasteiger partial charge in [0.25, 0.3) is 0 Å². The third kappa shape index (κ3) is 1.64. The highest BCUT2D eigenvalue weighted by atomic mass is 127.